The highest BCUT2D eigenvalue weighted by Gasteiger charge is 2.04. The summed E-state index contributed by atoms with van der Waals surface area (Å²) in [5, 5.41) is 10.2. The average molecular weight is 197 g/mol. The number of nitrogens with two attached hydrogens (primary N) is 1. The van der Waals surface area contributed by atoms with Crippen molar-refractivity contribution in [3.05, 3.63) is 28.0 Å². The van der Waals surface area contributed by atoms with Crippen molar-refractivity contribution in [2.24, 2.45) is 5.73 Å². The molecule has 1 aromatic heterocycles. The van der Waals surface area contributed by atoms with Gasteiger partial charge in [-0.15, -0.1) is 11.3 Å². The van der Waals surface area contributed by atoms with Crippen LogP contribution in [-0.2, 0) is 4.79 Å². The third-order valence-corrected chi connectivity index (χ3v) is 2.21. The molecule has 0 aromatic carbocycles. The fraction of sp³-hybridized carbons (Fsp3) is 0. The first-order valence-corrected chi connectivity index (χ1v) is 4.27. The van der Waals surface area contributed by atoms with Gasteiger partial charge in [-0.25, -0.2) is 4.79 Å². The third-order valence-electron chi connectivity index (χ3n) is 1.27. The van der Waals surface area contributed by atoms with Gasteiger partial charge in [-0.1, -0.05) is 0 Å². The zero-order valence-corrected chi connectivity index (χ0v) is 7.38. The molecule has 4 nitrogen and oxygen atoms in total. The second-order valence-corrected chi connectivity index (χ2v) is 3.20. The minimum absolute atomic E-state index is 0.240. The van der Waals surface area contributed by atoms with Gasteiger partial charge in [-0.05, 0) is 23.1 Å². The molecule has 0 saturated heterocycles. The molecule has 68 valence electrons. The van der Waals surface area contributed by atoms with Gasteiger partial charge < -0.3 is 10.8 Å². The van der Waals surface area contributed by atoms with Crippen molar-refractivity contribution in [2.45, 2.75) is 0 Å². The van der Waals surface area contributed by atoms with Crippen molar-refractivity contribution >= 4 is 29.3 Å². The molecule has 5 heteroatoms. The molecule has 0 aliphatic rings. The van der Waals surface area contributed by atoms with Crippen LogP contribution in [0.5, 0.6) is 0 Å². The van der Waals surface area contributed by atoms with Gasteiger partial charge in [0, 0.05) is 6.08 Å². The van der Waals surface area contributed by atoms with E-state index >= 15 is 0 Å². The van der Waals surface area contributed by atoms with Crippen LogP contribution in [0.3, 0.4) is 0 Å². The third kappa shape index (κ3) is 2.72. The maximum Gasteiger partial charge on any atom is 0.345 e. The van der Waals surface area contributed by atoms with Crippen LogP contribution >= 0.6 is 11.3 Å². The topological polar surface area (TPSA) is 80.4 Å². The molecular formula is C8H7NO3S. The highest BCUT2D eigenvalue weighted by molar-refractivity contribution is 7.12. The lowest BCUT2D eigenvalue weighted by Crippen LogP contribution is -2.04. The number of hydrogen-bond donors (Lipinski definition) is 2. The zero-order valence-electron chi connectivity index (χ0n) is 6.56. The van der Waals surface area contributed by atoms with Crippen molar-refractivity contribution < 1.29 is 14.7 Å². The van der Waals surface area contributed by atoms with Gasteiger partial charge in [0.25, 0.3) is 0 Å². The fourth-order valence-electron chi connectivity index (χ4n) is 0.729. The predicted octanol–water partition coefficient (Wildman–Crippen LogP) is 0.945. The average Bonchev–Trinajstić information content (AvgIpc) is 2.48. The maximum atomic E-state index is 10.4. The molecule has 0 aliphatic heterocycles. The van der Waals surface area contributed by atoms with Crippen LogP contribution in [0.4, 0.5) is 0 Å². The second-order valence-electron chi connectivity index (χ2n) is 2.29. The molecule has 0 aliphatic carbocycles. The van der Waals surface area contributed by atoms with E-state index in [4.69, 9.17) is 10.8 Å². The smallest absolute Gasteiger partial charge is 0.345 e. The molecule has 13 heavy (non-hydrogen) atoms. The summed E-state index contributed by atoms with van der Waals surface area (Å²) in [5.41, 5.74) is 5.54. The maximum absolute atomic E-state index is 10.4. The molecule has 0 radical (unpaired) electrons. The number of hydrogen-bond acceptors (Lipinski definition) is 3. The molecule has 1 rings (SSSR count). The van der Waals surface area contributed by atoms with Gasteiger partial charge in [-0.2, -0.15) is 0 Å². The van der Waals surface area contributed by atoms with Gasteiger partial charge in [0.05, 0.1) is 0 Å². The normalized spacial score (nSPS) is 10.5. The van der Waals surface area contributed by atoms with E-state index in [1.807, 2.05) is 0 Å². The van der Waals surface area contributed by atoms with Crippen LogP contribution < -0.4 is 5.73 Å². The predicted molar refractivity (Wildman–Crippen MR) is 49.5 cm³/mol. The first-order valence-electron chi connectivity index (χ1n) is 3.39. The molecule has 0 spiro atoms. The molecule has 0 atom stereocenters. The monoisotopic (exact) mass is 197 g/mol. The number of carbonyl (C=O) groups excluding carboxylic acids is 1. The SMILES string of the molecule is NC(=O)C=Cc1csc(C(=O)O)c1. The Balaban J connectivity index is 2.80. The molecule has 0 bridgehead atoms. The Morgan fingerprint density at radius 2 is 2.23 bits per heavy atom. The van der Waals surface area contributed by atoms with E-state index in [1.165, 1.54) is 18.2 Å². The number of carboxylic acid groups (broad SMARTS) is 1. The van der Waals surface area contributed by atoms with E-state index in [0.717, 1.165) is 11.3 Å². The Hall–Kier alpha value is -1.62. The highest BCUT2D eigenvalue weighted by Crippen LogP contribution is 2.15. The number of primary amides is 1. The fourth-order valence-corrected chi connectivity index (χ4v) is 1.44. The lowest BCUT2D eigenvalue weighted by atomic mass is 10.3. The largest absolute Gasteiger partial charge is 0.477 e. The first kappa shape index (κ1) is 9.47. The van der Waals surface area contributed by atoms with Gasteiger partial charge in [0.15, 0.2) is 0 Å². The number of thiophene rings is 1. The van der Waals surface area contributed by atoms with E-state index in [0.29, 0.717) is 5.56 Å². The molecule has 0 saturated carbocycles. The quantitative estimate of drug-likeness (QED) is 0.708. The van der Waals surface area contributed by atoms with Crippen molar-refractivity contribution in [2.75, 3.05) is 0 Å². The van der Waals surface area contributed by atoms with Crippen LogP contribution in [0.15, 0.2) is 17.5 Å². The summed E-state index contributed by atoms with van der Waals surface area (Å²) in [6, 6.07) is 1.48. The van der Waals surface area contributed by atoms with Crippen molar-refractivity contribution in [3.8, 4) is 0 Å². The Morgan fingerprint density at radius 1 is 1.54 bits per heavy atom. The van der Waals surface area contributed by atoms with Gasteiger partial charge >= 0.3 is 5.97 Å². The van der Waals surface area contributed by atoms with E-state index in [1.54, 1.807) is 5.38 Å². The number of rotatable bonds is 3. The molecule has 0 fully saturated rings. The van der Waals surface area contributed by atoms with Gasteiger partial charge in [0.1, 0.15) is 4.88 Å². The number of aromatic carboxylic acids is 1. The first-order chi connectivity index (χ1) is 6.09. The lowest BCUT2D eigenvalue weighted by Gasteiger charge is -1.82. The minimum Gasteiger partial charge on any atom is -0.477 e. The Kier molecular flexibility index (Phi) is 2.81. The summed E-state index contributed by atoms with van der Waals surface area (Å²) in [6.45, 7) is 0. The Labute approximate surface area is 78.3 Å². The molecule has 1 aromatic rings. The van der Waals surface area contributed by atoms with Crippen LogP contribution in [0.1, 0.15) is 15.2 Å². The van der Waals surface area contributed by atoms with Gasteiger partial charge in [0.2, 0.25) is 5.91 Å². The summed E-state index contributed by atoms with van der Waals surface area (Å²) in [7, 11) is 0. The van der Waals surface area contributed by atoms with Crippen LogP contribution in [0.2, 0.25) is 0 Å². The standard InChI is InChI=1S/C8H7NO3S/c9-7(10)2-1-5-3-6(8(11)12)13-4-5/h1-4H,(H2,9,10)(H,11,12). The molecule has 3 N–H and O–H groups in total. The van der Waals surface area contributed by atoms with E-state index in [9.17, 15) is 9.59 Å². The van der Waals surface area contributed by atoms with Crippen LogP contribution in [0.25, 0.3) is 6.08 Å². The van der Waals surface area contributed by atoms with Crippen LogP contribution in [0, 0.1) is 0 Å². The minimum atomic E-state index is -0.969. The van der Waals surface area contributed by atoms with E-state index in [-0.39, 0.29) is 4.88 Å². The van der Waals surface area contributed by atoms with Crippen LogP contribution in [-0.4, -0.2) is 17.0 Å². The van der Waals surface area contributed by atoms with E-state index in [2.05, 4.69) is 0 Å². The number of carbonyl (C=O) groups is 2. The molecule has 1 amide bonds. The molecule has 1 heterocycles. The summed E-state index contributed by atoms with van der Waals surface area (Å²) in [6.07, 6.45) is 2.67. The Bertz CT molecular complexity index is 367. The van der Waals surface area contributed by atoms with Crippen molar-refractivity contribution in [3.63, 3.8) is 0 Å². The zero-order chi connectivity index (χ0) is 9.84. The number of carboxylic acids is 1. The van der Waals surface area contributed by atoms with Gasteiger partial charge in [-0.3, -0.25) is 4.79 Å². The lowest BCUT2D eigenvalue weighted by molar-refractivity contribution is -0.113. The van der Waals surface area contributed by atoms with Crippen molar-refractivity contribution in [1.29, 1.82) is 0 Å². The summed E-state index contributed by atoms with van der Waals surface area (Å²) >= 11 is 1.11. The number of amides is 1. The highest BCUT2D eigenvalue weighted by atomic mass is 32.1. The molecule has 0 unspecified atom stereocenters. The summed E-state index contributed by atoms with van der Waals surface area (Å²) < 4.78 is 0. The van der Waals surface area contributed by atoms with Crippen molar-refractivity contribution in [1.82, 2.24) is 0 Å². The second kappa shape index (κ2) is 3.86. The summed E-state index contributed by atoms with van der Waals surface area (Å²) in [5.74, 6) is -1.52. The summed E-state index contributed by atoms with van der Waals surface area (Å²) in [4.78, 5) is 21.0. The Morgan fingerprint density at radius 3 is 2.69 bits per heavy atom. The van der Waals surface area contributed by atoms with E-state index < -0.39 is 11.9 Å². The molecular weight excluding hydrogens is 190 g/mol.